The topological polar surface area (TPSA) is 49.9 Å². The van der Waals surface area contributed by atoms with Crippen molar-refractivity contribution >= 4 is 26.8 Å². The summed E-state index contributed by atoms with van der Waals surface area (Å²) in [7, 11) is 1.60. The van der Waals surface area contributed by atoms with Crippen molar-refractivity contribution < 1.29 is 4.84 Å². The summed E-state index contributed by atoms with van der Waals surface area (Å²) in [5.41, 5.74) is 4.91. The van der Waals surface area contributed by atoms with Gasteiger partial charge in [0.05, 0.1) is 12.6 Å². The fourth-order valence-corrected chi connectivity index (χ4v) is 1.94. The number of rotatable bonds is 3. The van der Waals surface area contributed by atoms with Crippen LogP contribution in [0.3, 0.4) is 0 Å². The van der Waals surface area contributed by atoms with Crippen molar-refractivity contribution in [1.29, 1.82) is 0 Å². The minimum atomic E-state index is 0.659. The van der Waals surface area contributed by atoms with Crippen LogP contribution in [0.1, 0.15) is 5.56 Å². The van der Waals surface area contributed by atoms with Gasteiger partial charge in [-0.25, -0.2) is 0 Å². The Balaban J connectivity index is 2.46. The standard InChI is InChI=1S/C9H10BrN3O/c1-14-11-5-6-3-2-4-7-8(6)9(10)13-12-7/h2-4,11H,5H2,1H3,(H,12,13). The second-order valence-corrected chi connectivity index (χ2v) is 3.67. The molecule has 0 aliphatic heterocycles. The number of aromatic nitrogens is 2. The van der Waals surface area contributed by atoms with Crippen molar-refractivity contribution in [3.05, 3.63) is 28.4 Å². The summed E-state index contributed by atoms with van der Waals surface area (Å²) in [6, 6.07) is 5.98. The molecule has 0 saturated heterocycles. The van der Waals surface area contributed by atoms with E-state index < -0.39 is 0 Å². The highest BCUT2D eigenvalue weighted by Gasteiger charge is 2.06. The van der Waals surface area contributed by atoms with Gasteiger partial charge in [-0.2, -0.15) is 10.6 Å². The number of aromatic amines is 1. The van der Waals surface area contributed by atoms with E-state index in [1.165, 1.54) is 0 Å². The van der Waals surface area contributed by atoms with E-state index in [1.54, 1.807) is 7.11 Å². The maximum Gasteiger partial charge on any atom is 0.109 e. The Hall–Kier alpha value is -0.910. The average molecular weight is 256 g/mol. The van der Waals surface area contributed by atoms with Crippen molar-refractivity contribution in [1.82, 2.24) is 15.7 Å². The second-order valence-electron chi connectivity index (χ2n) is 2.87. The van der Waals surface area contributed by atoms with Crippen LogP contribution in [-0.2, 0) is 11.4 Å². The number of hydrogen-bond donors (Lipinski definition) is 2. The van der Waals surface area contributed by atoms with Crippen molar-refractivity contribution in [2.75, 3.05) is 7.11 Å². The number of nitrogens with zero attached hydrogens (tertiary/aromatic N) is 1. The van der Waals surface area contributed by atoms with Gasteiger partial charge in [-0.3, -0.25) is 5.10 Å². The maximum atomic E-state index is 4.82. The fourth-order valence-electron chi connectivity index (χ4n) is 1.40. The fraction of sp³-hybridized carbons (Fsp3) is 0.222. The zero-order valence-corrected chi connectivity index (χ0v) is 9.26. The third kappa shape index (κ3) is 1.66. The summed E-state index contributed by atoms with van der Waals surface area (Å²) >= 11 is 3.42. The lowest BCUT2D eigenvalue weighted by atomic mass is 10.1. The van der Waals surface area contributed by atoms with Crippen LogP contribution in [0, 0.1) is 0 Å². The van der Waals surface area contributed by atoms with Gasteiger partial charge in [-0.1, -0.05) is 12.1 Å². The number of H-pyrrole nitrogens is 1. The Morgan fingerprint density at radius 1 is 1.57 bits per heavy atom. The highest BCUT2D eigenvalue weighted by molar-refractivity contribution is 9.10. The first-order valence-electron chi connectivity index (χ1n) is 4.20. The molecule has 1 heterocycles. The highest BCUT2D eigenvalue weighted by Crippen LogP contribution is 2.24. The van der Waals surface area contributed by atoms with E-state index in [0.717, 1.165) is 21.1 Å². The average Bonchev–Trinajstić information content (AvgIpc) is 2.58. The Morgan fingerprint density at radius 3 is 3.21 bits per heavy atom. The van der Waals surface area contributed by atoms with Gasteiger partial charge in [0.2, 0.25) is 0 Å². The van der Waals surface area contributed by atoms with Gasteiger partial charge in [0.25, 0.3) is 0 Å². The minimum absolute atomic E-state index is 0.659. The van der Waals surface area contributed by atoms with Crippen molar-refractivity contribution in [2.45, 2.75) is 6.54 Å². The molecule has 2 rings (SSSR count). The number of halogens is 1. The van der Waals surface area contributed by atoms with Gasteiger partial charge in [0, 0.05) is 11.9 Å². The first kappa shape index (κ1) is 9.64. The van der Waals surface area contributed by atoms with Crippen LogP contribution < -0.4 is 5.48 Å². The molecule has 2 aromatic rings. The minimum Gasteiger partial charge on any atom is -0.305 e. The Morgan fingerprint density at radius 2 is 2.43 bits per heavy atom. The first-order chi connectivity index (χ1) is 6.83. The smallest absolute Gasteiger partial charge is 0.109 e. The molecular formula is C9H10BrN3O. The lowest BCUT2D eigenvalue weighted by Crippen LogP contribution is -2.10. The molecule has 0 fully saturated rings. The summed E-state index contributed by atoms with van der Waals surface area (Å²) in [6.07, 6.45) is 0. The molecule has 74 valence electrons. The van der Waals surface area contributed by atoms with E-state index in [2.05, 4.69) is 31.6 Å². The number of benzene rings is 1. The SMILES string of the molecule is CONCc1cccc2n[nH]c(Br)c12. The van der Waals surface area contributed by atoms with Crippen molar-refractivity contribution in [3.63, 3.8) is 0 Å². The van der Waals surface area contributed by atoms with Crippen LogP contribution >= 0.6 is 15.9 Å². The van der Waals surface area contributed by atoms with E-state index >= 15 is 0 Å². The van der Waals surface area contributed by atoms with Crippen LogP contribution in [0.4, 0.5) is 0 Å². The normalized spacial score (nSPS) is 11.0. The summed E-state index contributed by atoms with van der Waals surface area (Å²) < 4.78 is 0.904. The van der Waals surface area contributed by atoms with Crippen molar-refractivity contribution in [2.24, 2.45) is 0 Å². The number of hydrogen-bond acceptors (Lipinski definition) is 3. The third-order valence-electron chi connectivity index (χ3n) is 2.03. The van der Waals surface area contributed by atoms with Gasteiger partial charge >= 0.3 is 0 Å². The molecular weight excluding hydrogens is 246 g/mol. The highest BCUT2D eigenvalue weighted by atomic mass is 79.9. The zero-order chi connectivity index (χ0) is 9.97. The van der Waals surface area contributed by atoms with Crippen LogP contribution in [0.5, 0.6) is 0 Å². The van der Waals surface area contributed by atoms with Crippen LogP contribution in [0.25, 0.3) is 10.9 Å². The van der Waals surface area contributed by atoms with E-state index in [0.29, 0.717) is 6.54 Å². The molecule has 5 heteroatoms. The number of fused-ring (bicyclic) bond motifs is 1. The van der Waals surface area contributed by atoms with E-state index in [-0.39, 0.29) is 0 Å². The number of nitrogens with one attached hydrogen (secondary N) is 2. The van der Waals surface area contributed by atoms with Gasteiger partial charge < -0.3 is 4.84 Å². The molecule has 0 spiro atoms. The molecule has 2 N–H and O–H groups in total. The molecule has 0 bridgehead atoms. The predicted molar refractivity (Wildman–Crippen MR) is 57.6 cm³/mol. The van der Waals surface area contributed by atoms with E-state index in [1.807, 2.05) is 18.2 Å². The van der Waals surface area contributed by atoms with Gasteiger partial charge in [0.1, 0.15) is 4.60 Å². The van der Waals surface area contributed by atoms with Crippen LogP contribution in [0.2, 0.25) is 0 Å². The summed E-state index contributed by atoms with van der Waals surface area (Å²) in [5.74, 6) is 0. The molecule has 0 radical (unpaired) electrons. The van der Waals surface area contributed by atoms with E-state index in [9.17, 15) is 0 Å². The Kier molecular flexibility index (Phi) is 2.81. The molecule has 0 amide bonds. The summed E-state index contributed by atoms with van der Waals surface area (Å²) in [5, 5.41) is 8.13. The van der Waals surface area contributed by atoms with Crippen LogP contribution in [0.15, 0.2) is 22.8 Å². The summed E-state index contributed by atoms with van der Waals surface area (Å²) in [4.78, 5) is 4.82. The quantitative estimate of drug-likeness (QED) is 0.825. The lowest BCUT2D eigenvalue weighted by molar-refractivity contribution is 0.0870. The molecule has 0 aliphatic rings. The second kappa shape index (κ2) is 4.08. The van der Waals surface area contributed by atoms with Gasteiger partial charge in [-0.15, -0.1) is 0 Å². The van der Waals surface area contributed by atoms with E-state index in [4.69, 9.17) is 4.84 Å². The molecule has 1 aromatic carbocycles. The summed E-state index contributed by atoms with van der Waals surface area (Å²) in [6.45, 7) is 0.659. The predicted octanol–water partition coefficient (Wildman–Crippen LogP) is 1.98. The van der Waals surface area contributed by atoms with Crippen molar-refractivity contribution in [3.8, 4) is 0 Å². The molecule has 0 aliphatic carbocycles. The molecule has 0 saturated carbocycles. The molecule has 0 unspecified atom stereocenters. The van der Waals surface area contributed by atoms with Gasteiger partial charge in [0.15, 0.2) is 0 Å². The first-order valence-corrected chi connectivity index (χ1v) is 4.99. The maximum absolute atomic E-state index is 4.82. The molecule has 0 atom stereocenters. The monoisotopic (exact) mass is 255 g/mol. The molecule has 1 aromatic heterocycles. The number of hydroxylamine groups is 1. The molecule has 14 heavy (non-hydrogen) atoms. The zero-order valence-electron chi connectivity index (χ0n) is 7.67. The largest absolute Gasteiger partial charge is 0.305 e. The Bertz CT molecular complexity index is 441. The Labute approximate surface area is 89.7 Å². The third-order valence-corrected chi connectivity index (χ3v) is 2.60. The van der Waals surface area contributed by atoms with Crippen LogP contribution in [-0.4, -0.2) is 17.3 Å². The van der Waals surface area contributed by atoms with Gasteiger partial charge in [-0.05, 0) is 27.6 Å². The lowest BCUT2D eigenvalue weighted by Gasteiger charge is -2.03. The molecule has 4 nitrogen and oxygen atoms in total.